The van der Waals surface area contributed by atoms with Crippen molar-refractivity contribution in [2.45, 2.75) is 25.7 Å². The van der Waals surface area contributed by atoms with Crippen molar-refractivity contribution in [1.82, 2.24) is 0 Å². The number of carbonyl (C=O) groups excluding carboxylic acids is 1. The summed E-state index contributed by atoms with van der Waals surface area (Å²) in [6, 6.07) is 12.2. The second-order valence-corrected chi connectivity index (χ2v) is 6.96. The van der Waals surface area contributed by atoms with Crippen LogP contribution in [0, 0.1) is 20.8 Å². The lowest BCUT2D eigenvalue weighted by Crippen LogP contribution is -2.14. The van der Waals surface area contributed by atoms with Crippen LogP contribution in [0.5, 0.6) is 0 Å². The van der Waals surface area contributed by atoms with Gasteiger partial charge in [0.05, 0.1) is 11.4 Å². The summed E-state index contributed by atoms with van der Waals surface area (Å²) in [7, 11) is 0. The number of amides is 1. The molecular formula is C17H18BrNOS. The Kier molecular flexibility index (Phi) is 5.48. The highest BCUT2D eigenvalue weighted by Gasteiger charge is 2.07. The van der Waals surface area contributed by atoms with E-state index < -0.39 is 0 Å². The molecule has 0 fully saturated rings. The van der Waals surface area contributed by atoms with Gasteiger partial charge in [-0.1, -0.05) is 23.8 Å². The Morgan fingerprint density at radius 1 is 1.10 bits per heavy atom. The van der Waals surface area contributed by atoms with Crippen LogP contribution in [0.25, 0.3) is 0 Å². The van der Waals surface area contributed by atoms with Gasteiger partial charge in [-0.05, 0) is 66.0 Å². The highest BCUT2D eigenvalue weighted by Crippen LogP contribution is 2.25. The molecule has 1 N–H and O–H groups in total. The first-order chi connectivity index (χ1) is 9.95. The Balaban J connectivity index is 1.96. The average Bonchev–Trinajstić information content (AvgIpc) is 2.41. The van der Waals surface area contributed by atoms with Gasteiger partial charge in [0, 0.05) is 9.37 Å². The fraction of sp³-hybridized carbons (Fsp3) is 0.235. The van der Waals surface area contributed by atoms with Crippen LogP contribution in [-0.4, -0.2) is 11.7 Å². The van der Waals surface area contributed by atoms with Crippen molar-refractivity contribution in [3.8, 4) is 0 Å². The van der Waals surface area contributed by atoms with Gasteiger partial charge in [0.15, 0.2) is 0 Å². The number of nitrogens with one attached hydrogen (secondary N) is 1. The monoisotopic (exact) mass is 363 g/mol. The van der Waals surface area contributed by atoms with Crippen molar-refractivity contribution in [3.63, 3.8) is 0 Å². The Labute approximate surface area is 138 Å². The van der Waals surface area contributed by atoms with E-state index in [-0.39, 0.29) is 5.91 Å². The Hall–Kier alpha value is -1.26. The minimum Gasteiger partial charge on any atom is -0.324 e. The molecule has 0 aliphatic rings. The number of anilines is 1. The Morgan fingerprint density at radius 3 is 2.43 bits per heavy atom. The van der Waals surface area contributed by atoms with E-state index in [0.717, 1.165) is 20.6 Å². The minimum atomic E-state index is 0.00419. The lowest BCUT2D eigenvalue weighted by atomic mass is 10.2. The molecule has 2 rings (SSSR count). The number of hydrogen-bond acceptors (Lipinski definition) is 2. The van der Waals surface area contributed by atoms with Crippen LogP contribution in [0.3, 0.4) is 0 Å². The highest BCUT2D eigenvalue weighted by atomic mass is 79.9. The number of hydrogen-bond donors (Lipinski definition) is 1. The molecule has 0 aliphatic carbocycles. The number of carbonyl (C=O) groups is 1. The molecule has 1 amide bonds. The van der Waals surface area contributed by atoms with Crippen LogP contribution in [0.4, 0.5) is 5.69 Å². The van der Waals surface area contributed by atoms with Crippen LogP contribution in [0.1, 0.15) is 16.7 Å². The summed E-state index contributed by atoms with van der Waals surface area (Å²) in [6.45, 7) is 6.17. The molecule has 110 valence electrons. The van der Waals surface area contributed by atoms with E-state index in [0.29, 0.717) is 5.75 Å². The van der Waals surface area contributed by atoms with E-state index in [2.05, 4.69) is 53.3 Å². The average molecular weight is 364 g/mol. The lowest BCUT2D eigenvalue weighted by molar-refractivity contribution is -0.113. The molecule has 4 heteroatoms. The first-order valence-corrected chi connectivity index (χ1v) is 8.49. The van der Waals surface area contributed by atoms with E-state index in [1.165, 1.54) is 11.1 Å². The van der Waals surface area contributed by atoms with Crippen LogP contribution in [-0.2, 0) is 4.79 Å². The van der Waals surface area contributed by atoms with E-state index in [4.69, 9.17) is 0 Å². The summed E-state index contributed by atoms with van der Waals surface area (Å²) in [6.07, 6.45) is 0. The molecule has 0 unspecified atom stereocenters. The molecule has 0 heterocycles. The van der Waals surface area contributed by atoms with Gasteiger partial charge in [0.2, 0.25) is 5.91 Å². The summed E-state index contributed by atoms with van der Waals surface area (Å²) in [5.74, 6) is 0.411. The van der Waals surface area contributed by atoms with Gasteiger partial charge in [-0.2, -0.15) is 0 Å². The number of halogens is 1. The fourth-order valence-corrected chi connectivity index (χ4v) is 3.41. The van der Waals surface area contributed by atoms with Crippen LogP contribution < -0.4 is 5.32 Å². The third-order valence-electron chi connectivity index (χ3n) is 3.09. The SMILES string of the molecule is Cc1ccc(SCC(=O)Nc2ccc(C)cc2Br)c(C)c1. The molecule has 0 radical (unpaired) electrons. The molecule has 0 saturated heterocycles. The Bertz CT molecular complexity index is 670. The predicted molar refractivity (Wildman–Crippen MR) is 94.1 cm³/mol. The number of aryl methyl sites for hydroxylation is 3. The summed E-state index contributed by atoms with van der Waals surface area (Å²) >= 11 is 5.03. The van der Waals surface area contributed by atoms with Crippen molar-refractivity contribution in [2.24, 2.45) is 0 Å². The molecule has 2 nitrogen and oxygen atoms in total. The van der Waals surface area contributed by atoms with Crippen molar-refractivity contribution < 1.29 is 4.79 Å². The molecule has 0 aromatic heterocycles. The number of thioether (sulfide) groups is 1. The second kappa shape index (κ2) is 7.14. The standard InChI is InChI=1S/C17H18BrNOS/c1-11-5-7-16(13(3)8-11)21-10-17(20)19-15-6-4-12(2)9-14(15)18/h4-9H,10H2,1-3H3,(H,19,20). The first-order valence-electron chi connectivity index (χ1n) is 6.72. The third kappa shape index (κ3) is 4.61. The van der Waals surface area contributed by atoms with Gasteiger partial charge in [0.25, 0.3) is 0 Å². The van der Waals surface area contributed by atoms with Gasteiger partial charge < -0.3 is 5.32 Å². The zero-order valence-corrected chi connectivity index (χ0v) is 14.8. The van der Waals surface area contributed by atoms with Crippen molar-refractivity contribution in [2.75, 3.05) is 11.1 Å². The maximum Gasteiger partial charge on any atom is 0.234 e. The first kappa shape index (κ1) is 16.1. The van der Waals surface area contributed by atoms with Crippen LogP contribution >= 0.6 is 27.7 Å². The molecule has 0 bridgehead atoms. The molecule has 2 aromatic carbocycles. The summed E-state index contributed by atoms with van der Waals surface area (Å²) in [5.41, 5.74) is 4.42. The van der Waals surface area contributed by atoms with Gasteiger partial charge >= 0.3 is 0 Å². The number of rotatable bonds is 4. The van der Waals surface area contributed by atoms with Crippen LogP contribution in [0.2, 0.25) is 0 Å². The van der Waals surface area contributed by atoms with Crippen LogP contribution in [0.15, 0.2) is 45.8 Å². The minimum absolute atomic E-state index is 0.00419. The smallest absolute Gasteiger partial charge is 0.234 e. The van der Waals surface area contributed by atoms with Gasteiger partial charge in [-0.15, -0.1) is 11.8 Å². The fourth-order valence-electron chi connectivity index (χ4n) is 2.01. The molecule has 0 atom stereocenters. The molecule has 0 saturated carbocycles. The van der Waals surface area contributed by atoms with Crippen molar-refractivity contribution in [1.29, 1.82) is 0 Å². The van der Waals surface area contributed by atoms with Gasteiger partial charge in [-0.3, -0.25) is 4.79 Å². The lowest BCUT2D eigenvalue weighted by Gasteiger charge is -2.09. The van der Waals surface area contributed by atoms with Crippen molar-refractivity contribution in [3.05, 3.63) is 57.6 Å². The van der Waals surface area contributed by atoms with Crippen molar-refractivity contribution >= 4 is 39.3 Å². The normalized spacial score (nSPS) is 10.5. The number of benzene rings is 2. The molecular weight excluding hydrogens is 346 g/mol. The zero-order valence-electron chi connectivity index (χ0n) is 12.4. The third-order valence-corrected chi connectivity index (χ3v) is 4.92. The van der Waals surface area contributed by atoms with E-state index in [1.54, 1.807) is 11.8 Å². The zero-order chi connectivity index (χ0) is 15.4. The Morgan fingerprint density at radius 2 is 1.76 bits per heavy atom. The highest BCUT2D eigenvalue weighted by molar-refractivity contribution is 9.10. The maximum absolute atomic E-state index is 12.0. The van der Waals surface area contributed by atoms with E-state index >= 15 is 0 Å². The molecule has 0 aliphatic heterocycles. The molecule has 0 spiro atoms. The summed E-state index contributed by atoms with van der Waals surface area (Å²) < 4.78 is 0.910. The molecule has 21 heavy (non-hydrogen) atoms. The van der Waals surface area contributed by atoms with E-state index in [9.17, 15) is 4.79 Å². The maximum atomic E-state index is 12.0. The summed E-state index contributed by atoms with van der Waals surface area (Å²) in [5, 5.41) is 2.93. The largest absolute Gasteiger partial charge is 0.324 e. The van der Waals surface area contributed by atoms with Gasteiger partial charge in [0.1, 0.15) is 0 Å². The predicted octanol–water partition coefficient (Wildman–Crippen LogP) is 5.11. The topological polar surface area (TPSA) is 29.1 Å². The quantitative estimate of drug-likeness (QED) is 0.765. The van der Waals surface area contributed by atoms with Gasteiger partial charge in [-0.25, -0.2) is 0 Å². The second-order valence-electron chi connectivity index (χ2n) is 5.09. The molecule has 2 aromatic rings. The summed E-state index contributed by atoms with van der Waals surface area (Å²) in [4.78, 5) is 13.2. The van der Waals surface area contributed by atoms with E-state index in [1.807, 2.05) is 25.1 Å².